The van der Waals surface area contributed by atoms with Crippen molar-refractivity contribution >= 4 is 16.5 Å². The number of phenolic OH excluding ortho intramolecular Hbond substituents is 1. The van der Waals surface area contributed by atoms with Crippen LogP contribution in [0.5, 0.6) is 5.75 Å². The van der Waals surface area contributed by atoms with Gasteiger partial charge in [0.2, 0.25) is 0 Å². The molecular weight excluding hydrogens is 260 g/mol. The van der Waals surface area contributed by atoms with Crippen LogP contribution in [0.2, 0.25) is 0 Å². The van der Waals surface area contributed by atoms with Crippen molar-refractivity contribution in [1.29, 1.82) is 0 Å². The van der Waals surface area contributed by atoms with Crippen molar-refractivity contribution in [3.63, 3.8) is 0 Å². The van der Waals surface area contributed by atoms with E-state index in [-0.39, 0.29) is 0 Å². The maximum absolute atomic E-state index is 9.96. The molecule has 0 unspecified atom stereocenters. The summed E-state index contributed by atoms with van der Waals surface area (Å²) < 4.78 is 0. The molecule has 2 N–H and O–H groups in total. The van der Waals surface area contributed by atoms with Crippen LogP contribution >= 0.6 is 0 Å². The molecule has 1 aliphatic heterocycles. The van der Waals surface area contributed by atoms with E-state index >= 15 is 0 Å². The Kier molecular flexibility index (Phi) is 4.30. The van der Waals surface area contributed by atoms with Crippen molar-refractivity contribution in [2.75, 3.05) is 25.0 Å². The molecule has 2 aromatic rings. The standard InChI is InChI=1S/C18H24N2O/c1-2-11-20-12-9-14(10-13-20)19-17-7-3-6-16-15(17)5-4-8-18(16)21/h3-8,14,19,21H,2,9-13H2,1H3. The second-order valence-electron chi connectivity index (χ2n) is 5.94. The molecule has 0 amide bonds. The Balaban J connectivity index is 1.73. The molecule has 3 heteroatoms. The second-order valence-corrected chi connectivity index (χ2v) is 5.94. The molecule has 112 valence electrons. The Labute approximate surface area is 126 Å². The van der Waals surface area contributed by atoms with Crippen molar-refractivity contribution in [3.05, 3.63) is 36.4 Å². The zero-order chi connectivity index (χ0) is 14.7. The molecule has 1 heterocycles. The average molecular weight is 284 g/mol. The van der Waals surface area contributed by atoms with Gasteiger partial charge in [-0.3, -0.25) is 0 Å². The topological polar surface area (TPSA) is 35.5 Å². The highest BCUT2D eigenvalue weighted by Crippen LogP contribution is 2.30. The number of benzene rings is 2. The lowest BCUT2D eigenvalue weighted by Gasteiger charge is -2.32. The van der Waals surface area contributed by atoms with E-state index in [1.807, 2.05) is 18.2 Å². The third-order valence-corrected chi connectivity index (χ3v) is 4.39. The summed E-state index contributed by atoms with van der Waals surface area (Å²) in [5, 5.41) is 15.7. The number of likely N-dealkylation sites (tertiary alicyclic amines) is 1. The number of nitrogens with zero attached hydrogens (tertiary/aromatic N) is 1. The van der Waals surface area contributed by atoms with Crippen LogP contribution in [-0.4, -0.2) is 35.7 Å². The van der Waals surface area contributed by atoms with Crippen LogP contribution in [0.3, 0.4) is 0 Å². The summed E-state index contributed by atoms with van der Waals surface area (Å²) >= 11 is 0. The Bertz CT molecular complexity index is 603. The number of anilines is 1. The lowest BCUT2D eigenvalue weighted by atomic mass is 10.0. The number of phenols is 1. The second kappa shape index (κ2) is 6.35. The maximum atomic E-state index is 9.96. The van der Waals surface area contributed by atoms with Crippen LogP contribution in [0.15, 0.2) is 36.4 Å². The largest absolute Gasteiger partial charge is 0.507 e. The molecule has 0 aromatic heterocycles. The smallest absolute Gasteiger partial charge is 0.123 e. The Morgan fingerprint density at radius 1 is 1.10 bits per heavy atom. The van der Waals surface area contributed by atoms with Gasteiger partial charge in [0.1, 0.15) is 5.75 Å². The molecule has 0 bridgehead atoms. The summed E-state index contributed by atoms with van der Waals surface area (Å²) in [6.45, 7) is 5.82. The number of nitrogens with one attached hydrogen (secondary N) is 1. The van der Waals surface area contributed by atoms with E-state index in [0.29, 0.717) is 11.8 Å². The van der Waals surface area contributed by atoms with Crippen molar-refractivity contribution in [3.8, 4) is 5.75 Å². The minimum atomic E-state index is 0.355. The number of aromatic hydroxyl groups is 1. The summed E-state index contributed by atoms with van der Waals surface area (Å²) in [6.07, 6.45) is 3.62. The van der Waals surface area contributed by atoms with E-state index in [1.165, 1.54) is 38.9 Å². The molecule has 3 nitrogen and oxygen atoms in total. The van der Waals surface area contributed by atoms with Gasteiger partial charge in [0, 0.05) is 35.6 Å². The van der Waals surface area contributed by atoms with E-state index < -0.39 is 0 Å². The molecular formula is C18H24N2O. The van der Waals surface area contributed by atoms with Gasteiger partial charge in [-0.1, -0.05) is 31.2 Å². The van der Waals surface area contributed by atoms with Crippen LogP contribution in [0.25, 0.3) is 10.8 Å². The molecule has 1 fully saturated rings. The van der Waals surface area contributed by atoms with Gasteiger partial charge in [-0.25, -0.2) is 0 Å². The van der Waals surface area contributed by atoms with E-state index in [0.717, 1.165) is 16.5 Å². The number of fused-ring (bicyclic) bond motifs is 1. The number of rotatable bonds is 4. The molecule has 3 rings (SSSR count). The predicted molar refractivity (Wildman–Crippen MR) is 89.0 cm³/mol. The van der Waals surface area contributed by atoms with Gasteiger partial charge in [0.25, 0.3) is 0 Å². The van der Waals surface area contributed by atoms with E-state index in [4.69, 9.17) is 0 Å². The van der Waals surface area contributed by atoms with Crippen molar-refractivity contribution in [2.45, 2.75) is 32.2 Å². The molecule has 0 spiro atoms. The zero-order valence-corrected chi connectivity index (χ0v) is 12.7. The van der Waals surface area contributed by atoms with Crippen LogP contribution in [0.4, 0.5) is 5.69 Å². The number of piperidine rings is 1. The van der Waals surface area contributed by atoms with Gasteiger partial charge in [0.05, 0.1) is 0 Å². The summed E-state index contributed by atoms with van der Waals surface area (Å²) in [5.41, 5.74) is 1.14. The van der Waals surface area contributed by atoms with Crippen LogP contribution in [0.1, 0.15) is 26.2 Å². The molecule has 2 aromatic carbocycles. The summed E-state index contributed by atoms with van der Waals surface area (Å²) in [5.74, 6) is 0.355. The quantitative estimate of drug-likeness (QED) is 0.895. The highest BCUT2D eigenvalue weighted by atomic mass is 16.3. The van der Waals surface area contributed by atoms with Crippen LogP contribution < -0.4 is 5.32 Å². The first-order chi connectivity index (χ1) is 10.3. The first kappa shape index (κ1) is 14.2. The third kappa shape index (κ3) is 3.13. The molecule has 0 aliphatic carbocycles. The maximum Gasteiger partial charge on any atom is 0.123 e. The third-order valence-electron chi connectivity index (χ3n) is 4.39. The van der Waals surface area contributed by atoms with Crippen LogP contribution in [-0.2, 0) is 0 Å². The number of hydrogen-bond donors (Lipinski definition) is 2. The van der Waals surface area contributed by atoms with Crippen molar-refractivity contribution in [2.24, 2.45) is 0 Å². The van der Waals surface area contributed by atoms with Gasteiger partial charge in [0.15, 0.2) is 0 Å². The first-order valence-corrected chi connectivity index (χ1v) is 7.97. The number of hydrogen-bond acceptors (Lipinski definition) is 3. The first-order valence-electron chi connectivity index (χ1n) is 7.97. The molecule has 1 aliphatic rings. The Morgan fingerprint density at radius 2 is 1.81 bits per heavy atom. The van der Waals surface area contributed by atoms with Gasteiger partial charge >= 0.3 is 0 Å². The van der Waals surface area contributed by atoms with Crippen molar-refractivity contribution in [1.82, 2.24) is 4.90 Å². The monoisotopic (exact) mass is 284 g/mol. The molecule has 21 heavy (non-hydrogen) atoms. The van der Waals surface area contributed by atoms with E-state index in [9.17, 15) is 5.11 Å². The average Bonchev–Trinajstić information content (AvgIpc) is 2.51. The van der Waals surface area contributed by atoms with Gasteiger partial charge < -0.3 is 15.3 Å². The van der Waals surface area contributed by atoms with Gasteiger partial charge in [-0.05, 0) is 37.9 Å². The summed E-state index contributed by atoms with van der Waals surface area (Å²) in [6, 6.07) is 12.4. The van der Waals surface area contributed by atoms with Crippen LogP contribution in [0, 0.1) is 0 Å². The van der Waals surface area contributed by atoms with Gasteiger partial charge in [-0.15, -0.1) is 0 Å². The molecule has 0 atom stereocenters. The fourth-order valence-corrected chi connectivity index (χ4v) is 3.26. The van der Waals surface area contributed by atoms with E-state index in [2.05, 4.69) is 29.3 Å². The van der Waals surface area contributed by atoms with Gasteiger partial charge in [-0.2, -0.15) is 0 Å². The van der Waals surface area contributed by atoms with Crippen molar-refractivity contribution < 1.29 is 5.11 Å². The highest BCUT2D eigenvalue weighted by Gasteiger charge is 2.18. The minimum absolute atomic E-state index is 0.355. The lowest BCUT2D eigenvalue weighted by Crippen LogP contribution is -2.39. The molecule has 1 saturated heterocycles. The summed E-state index contributed by atoms with van der Waals surface area (Å²) in [4.78, 5) is 2.55. The minimum Gasteiger partial charge on any atom is -0.507 e. The zero-order valence-electron chi connectivity index (χ0n) is 12.7. The SMILES string of the molecule is CCCN1CCC(Nc2cccc3c(O)cccc23)CC1. The Hall–Kier alpha value is -1.74. The highest BCUT2D eigenvalue weighted by molar-refractivity contribution is 5.97. The Morgan fingerprint density at radius 3 is 2.57 bits per heavy atom. The molecule has 0 saturated carbocycles. The fraction of sp³-hybridized carbons (Fsp3) is 0.444. The van der Waals surface area contributed by atoms with E-state index in [1.54, 1.807) is 6.07 Å². The predicted octanol–water partition coefficient (Wildman–Crippen LogP) is 3.83. The fourth-order valence-electron chi connectivity index (χ4n) is 3.26. The normalized spacial score (nSPS) is 17.2. The lowest BCUT2D eigenvalue weighted by molar-refractivity contribution is 0.219. The summed E-state index contributed by atoms with van der Waals surface area (Å²) in [7, 11) is 0. The molecule has 0 radical (unpaired) electrons.